The average molecular weight is 341 g/mol. The number of hydrogen-bond acceptors (Lipinski definition) is 3. The third-order valence-electron chi connectivity index (χ3n) is 4.40. The topological polar surface area (TPSA) is 58.6 Å². The molecule has 0 saturated carbocycles. The van der Waals surface area contributed by atoms with Crippen molar-refractivity contribution < 1.29 is 18.7 Å². The van der Waals surface area contributed by atoms with Gasteiger partial charge in [0.1, 0.15) is 11.9 Å². The summed E-state index contributed by atoms with van der Waals surface area (Å²) < 4.78 is 19.3. The quantitative estimate of drug-likeness (QED) is 0.914. The van der Waals surface area contributed by atoms with E-state index in [0.717, 1.165) is 0 Å². The lowest BCUT2D eigenvalue weighted by molar-refractivity contribution is -0.128. The SMILES string of the molecule is CN1C[C@H](C(=O)N[C@H]2CCO[C@H]2c2ccc(Cl)c(F)c2)CC1=O. The Hall–Kier alpha value is -1.66. The highest BCUT2D eigenvalue weighted by molar-refractivity contribution is 6.30. The van der Waals surface area contributed by atoms with Crippen LogP contribution in [0.25, 0.3) is 0 Å². The molecule has 23 heavy (non-hydrogen) atoms. The van der Waals surface area contributed by atoms with Gasteiger partial charge in [-0.1, -0.05) is 17.7 Å². The molecule has 2 aliphatic rings. The Morgan fingerprint density at radius 3 is 2.91 bits per heavy atom. The molecule has 2 amide bonds. The Balaban J connectivity index is 1.68. The first-order valence-electron chi connectivity index (χ1n) is 7.56. The lowest BCUT2D eigenvalue weighted by Gasteiger charge is -2.22. The molecule has 1 aromatic carbocycles. The molecule has 0 aromatic heterocycles. The lowest BCUT2D eigenvalue weighted by atomic mass is 10.0. The van der Waals surface area contributed by atoms with Crippen molar-refractivity contribution in [3.05, 3.63) is 34.6 Å². The summed E-state index contributed by atoms with van der Waals surface area (Å²) in [4.78, 5) is 25.5. The number of likely N-dealkylation sites (tertiary alicyclic amines) is 1. The van der Waals surface area contributed by atoms with Crippen LogP contribution in [0.5, 0.6) is 0 Å². The zero-order valence-corrected chi connectivity index (χ0v) is 13.5. The van der Waals surface area contributed by atoms with Crippen LogP contribution in [-0.2, 0) is 14.3 Å². The number of carbonyl (C=O) groups excluding carboxylic acids is 2. The predicted octanol–water partition coefficient (Wildman–Crippen LogP) is 1.90. The van der Waals surface area contributed by atoms with Gasteiger partial charge in [-0.25, -0.2) is 4.39 Å². The number of nitrogens with zero attached hydrogens (tertiary/aromatic N) is 1. The Kier molecular flexibility index (Phi) is 4.55. The molecule has 1 aromatic rings. The first-order valence-corrected chi connectivity index (χ1v) is 7.94. The first kappa shape index (κ1) is 16.2. The normalized spacial score (nSPS) is 27.5. The van der Waals surface area contributed by atoms with E-state index in [9.17, 15) is 14.0 Å². The molecule has 124 valence electrons. The molecule has 2 heterocycles. The third kappa shape index (κ3) is 3.33. The molecule has 3 rings (SSSR count). The maximum atomic E-state index is 13.6. The number of ether oxygens (including phenoxy) is 1. The Bertz CT molecular complexity index is 640. The van der Waals surface area contributed by atoms with Crippen LogP contribution in [0.3, 0.4) is 0 Å². The van der Waals surface area contributed by atoms with Crippen LogP contribution < -0.4 is 5.32 Å². The van der Waals surface area contributed by atoms with Crippen LogP contribution in [0.2, 0.25) is 5.02 Å². The van der Waals surface area contributed by atoms with Gasteiger partial charge in [-0.05, 0) is 24.1 Å². The van der Waals surface area contributed by atoms with Crippen LogP contribution in [0.1, 0.15) is 24.5 Å². The van der Waals surface area contributed by atoms with Gasteiger partial charge in [-0.2, -0.15) is 0 Å². The van der Waals surface area contributed by atoms with Crippen molar-refractivity contribution >= 4 is 23.4 Å². The van der Waals surface area contributed by atoms with Crippen LogP contribution >= 0.6 is 11.6 Å². The second-order valence-electron chi connectivity index (χ2n) is 6.04. The summed E-state index contributed by atoms with van der Waals surface area (Å²) in [6, 6.07) is 4.29. The minimum atomic E-state index is -0.507. The third-order valence-corrected chi connectivity index (χ3v) is 4.71. The van der Waals surface area contributed by atoms with Gasteiger partial charge in [-0.3, -0.25) is 9.59 Å². The van der Waals surface area contributed by atoms with E-state index < -0.39 is 11.9 Å². The molecule has 0 unspecified atom stereocenters. The van der Waals surface area contributed by atoms with Crippen molar-refractivity contribution in [3.63, 3.8) is 0 Å². The number of hydrogen-bond donors (Lipinski definition) is 1. The zero-order valence-electron chi connectivity index (χ0n) is 12.7. The molecule has 5 nitrogen and oxygen atoms in total. The molecular weight excluding hydrogens is 323 g/mol. The molecule has 7 heteroatoms. The molecule has 2 saturated heterocycles. The van der Waals surface area contributed by atoms with Crippen LogP contribution in [-0.4, -0.2) is 43.0 Å². The van der Waals surface area contributed by atoms with Gasteiger partial charge in [-0.15, -0.1) is 0 Å². The zero-order chi connectivity index (χ0) is 16.6. The summed E-state index contributed by atoms with van der Waals surface area (Å²) >= 11 is 5.70. The summed E-state index contributed by atoms with van der Waals surface area (Å²) in [7, 11) is 1.69. The summed E-state index contributed by atoms with van der Waals surface area (Å²) in [5.41, 5.74) is 0.648. The van der Waals surface area contributed by atoms with E-state index >= 15 is 0 Å². The molecule has 0 aliphatic carbocycles. The molecule has 2 fully saturated rings. The van der Waals surface area contributed by atoms with E-state index in [4.69, 9.17) is 16.3 Å². The number of carbonyl (C=O) groups is 2. The molecule has 0 bridgehead atoms. The van der Waals surface area contributed by atoms with E-state index in [0.29, 0.717) is 25.1 Å². The van der Waals surface area contributed by atoms with Crippen molar-refractivity contribution in [1.29, 1.82) is 0 Å². The first-order chi connectivity index (χ1) is 11.0. The van der Waals surface area contributed by atoms with Gasteiger partial charge < -0.3 is 15.0 Å². The van der Waals surface area contributed by atoms with Gasteiger partial charge in [0.15, 0.2) is 0 Å². The van der Waals surface area contributed by atoms with Crippen molar-refractivity contribution in [2.45, 2.75) is 25.0 Å². The fourth-order valence-electron chi connectivity index (χ4n) is 3.10. The monoisotopic (exact) mass is 340 g/mol. The molecular formula is C16H18ClFN2O3. The lowest BCUT2D eigenvalue weighted by Crippen LogP contribution is -2.41. The molecule has 2 aliphatic heterocycles. The van der Waals surface area contributed by atoms with Crippen LogP contribution in [0, 0.1) is 11.7 Å². The number of nitrogens with one attached hydrogen (secondary N) is 1. The fourth-order valence-corrected chi connectivity index (χ4v) is 3.21. The van der Waals surface area contributed by atoms with Gasteiger partial charge in [0.25, 0.3) is 0 Å². The van der Waals surface area contributed by atoms with Crippen molar-refractivity contribution in [2.24, 2.45) is 5.92 Å². The number of rotatable bonds is 3. The second kappa shape index (κ2) is 6.45. The maximum Gasteiger partial charge on any atom is 0.225 e. The van der Waals surface area contributed by atoms with Crippen molar-refractivity contribution in [3.8, 4) is 0 Å². The molecule has 0 radical (unpaired) electrons. The molecule has 0 spiro atoms. The van der Waals surface area contributed by atoms with Crippen molar-refractivity contribution in [1.82, 2.24) is 10.2 Å². The van der Waals surface area contributed by atoms with Gasteiger partial charge >= 0.3 is 0 Å². The fraction of sp³-hybridized carbons (Fsp3) is 0.500. The minimum absolute atomic E-state index is 0.0239. The summed E-state index contributed by atoms with van der Waals surface area (Å²) in [5.74, 6) is -1.02. The van der Waals surface area contributed by atoms with Gasteiger partial charge in [0.05, 0.1) is 17.0 Å². The molecule has 3 atom stereocenters. The van der Waals surface area contributed by atoms with E-state index in [-0.39, 0.29) is 35.2 Å². The highest BCUT2D eigenvalue weighted by Crippen LogP contribution is 2.31. The summed E-state index contributed by atoms with van der Waals surface area (Å²) in [6.45, 7) is 0.918. The number of halogens is 2. The van der Waals surface area contributed by atoms with E-state index in [1.54, 1.807) is 18.0 Å². The predicted molar refractivity (Wildman–Crippen MR) is 82.4 cm³/mol. The van der Waals surface area contributed by atoms with Gasteiger partial charge in [0, 0.05) is 26.6 Å². The van der Waals surface area contributed by atoms with Gasteiger partial charge in [0.2, 0.25) is 11.8 Å². The van der Waals surface area contributed by atoms with Crippen LogP contribution in [0.4, 0.5) is 4.39 Å². The highest BCUT2D eigenvalue weighted by Gasteiger charge is 2.36. The van der Waals surface area contributed by atoms with E-state index in [2.05, 4.69) is 5.32 Å². The van der Waals surface area contributed by atoms with Crippen LogP contribution in [0.15, 0.2) is 18.2 Å². The molecule has 1 N–H and O–H groups in total. The summed E-state index contributed by atoms with van der Waals surface area (Å²) in [5, 5.41) is 3.00. The smallest absolute Gasteiger partial charge is 0.225 e. The largest absolute Gasteiger partial charge is 0.371 e. The Morgan fingerprint density at radius 1 is 1.48 bits per heavy atom. The second-order valence-corrected chi connectivity index (χ2v) is 6.45. The maximum absolute atomic E-state index is 13.6. The standard InChI is InChI=1S/C16H18ClFN2O3/c1-20-8-10(7-14(20)21)16(22)19-13-4-5-23-15(13)9-2-3-11(17)12(18)6-9/h2-3,6,10,13,15H,4-5,7-8H2,1H3,(H,19,22)/t10-,13+,15+/m1/s1. The Morgan fingerprint density at radius 2 is 2.26 bits per heavy atom. The Labute approximate surface area is 138 Å². The van der Waals surface area contributed by atoms with E-state index in [1.165, 1.54) is 12.1 Å². The summed E-state index contributed by atoms with van der Waals surface area (Å²) in [6.07, 6.45) is 0.480. The highest BCUT2D eigenvalue weighted by atomic mass is 35.5. The average Bonchev–Trinajstić information content (AvgIpc) is 3.09. The number of amides is 2. The van der Waals surface area contributed by atoms with Crippen molar-refractivity contribution in [2.75, 3.05) is 20.2 Å². The number of benzene rings is 1. The van der Waals surface area contributed by atoms with E-state index in [1.807, 2.05) is 0 Å². The minimum Gasteiger partial charge on any atom is -0.371 e.